The molecule has 2 unspecified atom stereocenters. The molecule has 0 heterocycles. The van der Waals surface area contributed by atoms with Crippen LogP contribution >= 0.6 is 0 Å². The highest BCUT2D eigenvalue weighted by molar-refractivity contribution is 7.93. The van der Waals surface area contributed by atoms with Gasteiger partial charge in [0.25, 0.3) is 0 Å². The number of ether oxygens (including phenoxy) is 1. The van der Waals surface area contributed by atoms with Crippen LogP contribution in [0.15, 0.2) is 0 Å². The molecule has 0 rings (SSSR count). The number of hydrogen-bond donors (Lipinski definition) is 1. The maximum Gasteiger partial charge on any atom is 0.306 e. The van der Waals surface area contributed by atoms with Crippen LogP contribution in [0.4, 0.5) is 0 Å². The molecule has 0 saturated carbocycles. The molecule has 0 saturated heterocycles. The molecule has 6 nitrogen and oxygen atoms in total. The number of esters is 1. The van der Waals surface area contributed by atoms with Crippen molar-refractivity contribution < 1.29 is 22.7 Å². The molecule has 0 aliphatic rings. The molecule has 7 heteroatoms. The van der Waals surface area contributed by atoms with Crippen LogP contribution in [0.1, 0.15) is 40.5 Å². The zero-order chi connectivity index (χ0) is 15.9. The number of amides is 1. The molecule has 0 aliphatic carbocycles. The summed E-state index contributed by atoms with van der Waals surface area (Å²) in [6.07, 6.45) is 0.540. The summed E-state index contributed by atoms with van der Waals surface area (Å²) in [5.74, 6) is -0.698. The topological polar surface area (TPSA) is 89.5 Å². The second-order valence-electron chi connectivity index (χ2n) is 5.30. The molecule has 0 radical (unpaired) electrons. The van der Waals surface area contributed by atoms with E-state index in [1.165, 1.54) is 21.0 Å². The maximum absolute atomic E-state index is 12.2. The lowest BCUT2D eigenvalue weighted by atomic mass is 10.1. The molecule has 2 atom stereocenters. The van der Waals surface area contributed by atoms with E-state index in [4.69, 9.17) is 0 Å². The van der Waals surface area contributed by atoms with Crippen LogP contribution in [-0.4, -0.2) is 44.4 Å². The van der Waals surface area contributed by atoms with E-state index in [1.807, 2.05) is 13.8 Å². The first-order valence-electron chi connectivity index (χ1n) is 6.70. The van der Waals surface area contributed by atoms with Gasteiger partial charge in [-0.15, -0.1) is 0 Å². The second kappa shape index (κ2) is 8.24. The minimum atomic E-state index is -3.71. The van der Waals surface area contributed by atoms with Crippen LogP contribution in [0.3, 0.4) is 0 Å². The van der Waals surface area contributed by atoms with Crippen molar-refractivity contribution in [2.45, 2.75) is 51.0 Å². The predicted molar refractivity (Wildman–Crippen MR) is 76.9 cm³/mol. The number of rotatable bonds is 8. The van der Waals surface area contributed by atoms with Crippen LogP contribution in [0.5, 0.6) is 0 Å². The first-order chi connectivity index (χ1) is 9.12. The highest BCUT2D eigenvalue weighted by Gasteiger charge is 2.34. The summed E-state index contributed by atoms with van der Waals surface area (Å²) in [6, 6.07) is 0. The first kappa shape index (κ1) is 18.9. The normalized spacial score (nSPS) is 14.7. The summed E-state index contributed by atoms with van der Waals surface area (Å²) in [7, 11) is -2.51. The van der Waals surface area contributed by atoms with Crippen molar-refractivity contribution in [3.8, 4) is 0 Å². The van der Waals surface area contributed by atoms with Crippen LogP contribution in [0.25, 0.3) is 0 Å². The van der Waals surface area contributed by atoms with E-state index >= 15 is 0 Å². The summed E-state index contributed by atoms with van der Waals surface area (Å²) in [6.45, 7) is 7.23. The summed E-state index contributed by atoms with van der Waals surface area (Å²) in [5, 5.41) is 0.492. The molecule has 1 amide bonds. The van der Waals surface area contributed by atoms with E-state index < -0.39 is 32.2 Å². The molecule has 1 N–H and O–H groups in total. The standard InChI is InChI=1S/C13H25NO5S/c1-9(2)6-7-14-13(16)11(4)20(17,18)10(3)8-12(15)19-5/h9-11H,6-8H2,1-5H3,(H,14,16). The largest absolute Gasteiger partial charge is 0.469 e. The summed E-state index contributed by atoms with van der Waals surface area (Å²) < 4.78 is 28.7. The van der Waals surface area contributed by atoms with Gasteiger partial charge < -0.3 is 10.1 Å². The number of carbonyl (C=O) groups is 2. The SMILES string of the molecule is COC(=O)CC(C)S(=O)(=O)C(C)C(=O)NCCC(C)C. The van der Waals surface area contributed by atoms with Crippen molar-refractivity contribution >= 4 is 21.7 Å². The fourth-order valence-corrected chi connectivity index (χ4v) is 3.01. The van der Waals surface area contributed by atoms with Crippen molar-refractivity contribution in [3.63, 3.8) is 0 Å². The van der Waals surface area contributed by atoms with Crippen molar-refractivity contribution in [2.75, 3.05) is 13.7 Å². The fourth-order valence-electron chi connectivity index (χ4n) is 1.56. The minimum absolute atomic E-state index is 0.248. The summed E-state index contributed by atoms with van der Waals surface area (Å²) in [5.41, 5.74) is 0. The Morgan fingerprint density at radius 2 is 1.70 bits per heavy atom. The molecular formula is C13H25NO5S. The van der Waals surface area contributed by atoms with Crippen LogP contribution < -0.4 is 5.32 Å². The molecule has 0 bridgehead atoms. The summed E-state index contributed by atoms with van der Waals surface area (Å²) >= 11 is 0. The Morgan fingerprint density at radius 1 is 1.15 bits per heavy atom. The van der Waals surface area contributed by atoms with Crippen molar-refractivity contribution in [1.29, 1.82) is 0 Å². The van der Waals surface area contributed by atoms with E-state index in [0.717, 1.165) is 6.42 Å². The van der Waals surface area contributed by atoms with Gasteiger partial charge in [-0.3, -0.25) is 9.59 Å². The zero-order valence-corrected chi connectivity index (χ0v) is 13.6. The van der Waals surface area contributed by atoms with E-state index in [-0.39, 0.29) is 6.42 Å². The van der Waals surface area contributed by atoms with Gasteiger partial charge in [0, 0.05) is 6.54 Å². The van der Waals surface area contributed by atoms with Gasteiger partial charge in [0.15, 0.2) is 9.84 Å². The molecule has 0 aromatic carbocycles. The van der Waals surface area contributed by atoms with Gasteiger partial charge in [-0.2, -0.15) is 0 Å². The first-order valence-corrected chi connectivity index (χ1v) is 8.31. The third-order valence-corrected chi connectivity index (χ3v) is 5.61. The second-order valence-corrected chi connectivity index (χ2v) is 7.99. The number of nitrogens with one attached hydrogen (secondary N) is 1. The lowest BCUT2D eigenvalue weighted by molar-refractivity contribution is -0.140. The zero-order valence-electron chi connectivity index (χ0n) is 12.8. The minimum Gasteiger partial charge on any atom is -0.469 e. The average molecular weight is 307 g/mol. The highest BCUT2D eigenvalue weighted by Crippen LogP contribution is 2.13. The maximum atomic E-state index is 12.2. The number of carbonyl (C=O) groups excluding carboxylic acids is 2. The lowest BCUT2D eigenvalue weighted by Gasteiger charge is -2.18. The molecule has 20 heavy (non-hydrogen) atoms. The molecular weight excluding hydrogens is 282 g/mol. The lowest BCUT2D eigenvalue weighted by Crippen LogP contribution is -2.42. The number of methoxy groups -OCH3 is 1. The number of hydrogen-bond acceptors (Lipinski definition) is 5. The van der Waals surface area contributed by atoms with Crippen molar-refractivity contribution in [1.82, 2.24) is 5.32 Å². The Morgan fingerprint density at radius 3 is 2.15 bits per heavy atom. The van der Waals surface area contributed by atoms with Crippen LogP contribution in [-0.2, 0) is 24.2 Å². The van der Waals surface area contributed by atoms with Crippen molar-refractivity contribution in [2.24, 2.45) is 5.92 Å². The van der Waals surface area contributed by atoms with Gasteiger partial charge in [0.2, 0.25) is 5.91 Å². The Hall–Kier alpha value is -1.11. The van der Waals surface area contributed by atoms with Crippen molar-refractivity contribution in [3.05, 3.63) is 0 Å². The van der Waals surface area contributed by atoms with Gasteiger partial charge in [0.1, 0.15) is 5.25 Å². The van der Waals surface area contributed by atoms with Gasteiger partial charge in [-0.05, 0) is 26.2 Å². The number of sulfone groups is 1. The quantitative estimate of drug-likeness (QED) is 0.673. The Labute approximate surface area is 121 Å². The van der Waals surface area contributed by atoms with Crippen LogP contribution in [0, 0.1) is 5.92 Å². The van der Waals surface area contributed by atoms with Gasteiger partial charge in [-0.25, -0.2) is 8.42 Å². The third-order valence-electron chi connectivity index (χ3n) is 3.13. The molecule has 0 fully saturated rings. The molecule has 0 aliphatic heterocycles. The third kappa shape index (κ3) is 5.90. The Kier molecular flexibility index (Phi) is 7.78. The van der Waals surface area contributed by atoms with E-state index in [2.05, 4.69) is 10.1 Å². The van der Waals surface area contributed by atoms with E-state index in [9.17, 15) is 18.0 Å². The van der Waals surface area contributed by atoms with Gasteiger partial charge in [-0.1, -0.05) is 13.8 Å². The Bertz CT molecular complexity index is 430. The fraction of sp³-hybridized carbons (Fsp3) is 0.846. The molecule has 0 aromatic heterocycles. The monoisotopic (exact) mass is 307 g/mol. The smallest absolute Gasteiger partial charge is 0.306 e. The van der Waals surface area contributed by atoms with E-state index in [0.29, 0.717) is 12.5 Å². The molecule has 0 aromatic rings. The highest BCUT2D eigenvalue weighted by atomic mass is 32.2. The summed E-state index contributed by atoms with van der Waals surface area (Å²) in [4.78, 5) is 22.9. The Balaban J connectivity index is 4.60. The molecule has 118 valence electrons. The van der Waals surface area contributed by atoms with E-state index in [1.54, 1.807) is 0 Å². The molecule has 0 spiro atoms. The van der Waals surface area contributed by atoms with Crippen LogP contribution in [0.2, 0.25) is 0 Å². The average Bonchev–Trinajstić information content (AvgIpc) is 2.36. The predicted octanol–water partition coefficient (Wildman–Crippen LogP) is 0.904. The van der Waals surface area contributed by atoms with Gasteiger partial charge >= 0.3 is 5.97 Å². The van der Waals surface area contributed by atoms with Gasteiger partial charge in [0.05, 0.1) is 18.8 Å².